The van der Waals surface area contributed by atoms with Gasteiger partial charge in [-0.25, -0.2) is 14.4 Å². The van der Waals surface area contributed by atoms with Gasteiger partial charge in [0.2, 0.25) is 5.91 Å². The molecule has 3 atom stereocenters. The van der Waals surface area contributed by atoms with Crippen molar-refractivity contribution in [1.29, 1.82) is 0 Å². The number of aromatic amines is 1. The number of halogens is 1. The summed E-state index contributed by atoms with van der Waals surface area (Å²) in [6.45, 7) is 4.35. The summed E-state index contributed by atoms with van der Waals surface area (Å²) < 4.78 is 14.7. The van der Waals surface area contributed by atoms with Crippen LogP contribution in [0, 0.1) is 17.7 Å². The molecule has 188 valence electrons. The molecule has 0 spiro atoms. The number of aromatic nitrogens is 4. The molecular weight excluding hydrogens is 469 g/mol. The van der Waals surface area contributed by atoms with E-state index in [1.807, 2.05) is 35.4 Å². The van der Waals surface area contributed by atoms with E-state index >= 15 is 0 Å². The number of piperidine rings is 1. The number of fused-ring (bicyclic) bond motifs is 3. The van der Waals surface area contributed by atoms with E-state index in [4.69, 9.17) is 15.7 Å². The van der Waals surface area contributed by atoms with Gasteiger partial charge in [-0.05, 0) is 54.0 Å². The van der Waals surface area contributed by atoms with Crippen molar-refractivity contribution in [3.05, 3.63) is 65.6 Å². The number of nitrogens with zero attached hydrogens (tertiary/aromatic N) is 5. The highest BCUT2D eigenvalue weighted by Gasteiger charge is 2.66. The first kappa shape index (κ1) is 22.4. The monoisotopic (exact) mass is 497 g/mol. The van der Waals surface area contributed by atoms with Gasteiger partial charge in [0.05, 0.1) is 6.20 Å². The largest absolute Gasteiger partial charge is 0.355 e. The fourth-order valence-electron chi connectivity index (χ4n) is 6.86. The average Bonchev–Trinajstić information content (AvgIpc) is 3.19. The van der Waals surface area contributed by atoms with Crippen molar-refractivity contribution in [1.82, 2.24) is 20.2 Å². The van der Waals surface area contributed by atoms with E-state index in [-0.39, 0.29) is 17.1 Å². The summed E-state index contributed by atoms with van der Waals surface area (Å²) in [5, 5.41) is 7.59. The fourth-order valence-corrected chi connectivity index (χ4v) is 6.86. The highest BCUT2D eigenvalue weighted by atomic mass is 19.1. The Morgan fingerprint density at radius 3 is 2.89 bits per heavy atom. The molecule has 9 heteroatoms. The molecule has 1 aliphatic carbocycles. The van der Waals surface area contributed by atoms with Crippen molar-refractivity contribution >= 4 is 28.6 Å². The van der Waals surface area contributed by atoms with Crippen LogP contribution in [0.25, 0.3) is 22.4 Å². The van der Waals surface area contributed by atoms with Crippen LogP contribution in [0.15, 0.2) is 48.7 Å². The highest BCUT2D eigenvalue weighted by molar-refractivity contribution is 5.95. The van der Waals surface area contributed by atoms with Crippen LogP contribution in [-0.2, 0) is 16.6 Å². The number of rotatable bonds is 4. The molecule has 2 aromatic carbocycles. The molecule has 7 rings (SSSR count). The van der Waals surface area contributed by atoms with Crippen LogP contribution in [0.3, 0.4) is 0 Å². The number of benzene rings is 2. The van der Waals surface area contributed by atoms with Gasteiger partial charge in [-0.2, -0.15) is 5.10 Å². The quantitative estimate of drug-likeness (QED) is 0.448. The molecule has 0 radical (unpaired) electrons. The van der Waals surface area contributed by atoms with E-state index < -0.39 is 0 Å². The predicted molar refractivity (Wildman–Crippen MR) is 140 cm³/mol. The summed E-state index contributed by atoms with van der Waals surface area (Å²) in [6, 6.07) is 13.1. The third kappa shape index (κ3) is 3.23. The Bertz CT molecular complexity index is 1550. The molecule has 0 unspecified atom stereocenters. The number of carbonyl (C=O) groups excluding carboxylic acids is 1. The maximum atomic E-state index is 14.7. The van der Waals surface area contributed by atoms with Gasteiger partial charge in [0.15, 0.2) is 5.65 Å². The van der Waals surface area contributed by atoms with Crippen molar-refractivity contribution in [2.45, 2.75) is 25.2 Å². The molecule has 2 aromatic heterocycles. The summed E-state index contributed by atoms with van der Waals surface area (Å²) in [5.41, 5.74) is 11.9. The second kappa shape index (κ2) is 8.08. The Morgan fingerprint density at radius 1 is 1.22 bits per heavy atom. The summed E-state index contributed by atoms with van der Waals surface area (Å²) in [7, 11) is 0. The van der Waals surface area contributed by atoms with Crippen LogP contribution in [0.1, 0.15) is 24.5 Å². The SMILES string of the molecule is CC(=O)N1CCc2cc(-c3n[nH]c4nc(N5CC[C@@H]6[C@H](C5)[C@@]6(CN)c5ccccc5F)cnc34)ccc21. The molecule has 1 amide bonds. The Balaban J connectivity index is 1.15. The van der Waals surface area contributed by atoms with Crippen molar-refractivity contribution in [3.8, 4) is 11.3 Å². The second-order valence-corrected chi connectivity index (χ2v) is 10.4. The molecule has 8 nitrogen and oxygen atoms in total. The number of hydrogen-bond donors (Lipinski definition) is 2. The molecule has 37 heavy (non-hydrogen) atoms. The summed E-state index contributed by atoms with van der Waals surface area (Å²) in [4.78, 5) is 25.5. The van der Waals surface area contributed by atoms with Crippen LogP contribution in [-0.4, -0.2) is 52.3 Å². The average molecular weight is 498 g/mol. The summed E-state index contributed by atoms with van der Waals surface area (Å²) in [6.07, 6.45) is 3.58. The van der Waals surface area contributed by atoms with Gasteiger partial charge in [-0.3, -0.25) is 9.89 Å². The Labute approximate surface area is 213 Å². The fraction of sp³-hybridized carbons (Fsp3) is 0.357. The van der Waals surface area contributed by atoms with Gasteiger partial charge < -0.3 is 15.5 Å². The van der Waals surface area contributed by atoms with E-state index in [1.54, 1.807) is 13.0 Å². The van der Waals surface area contributed by atoms with Crippen LogP contribution in [0.5, 0.6) is 0 Å². The smallest absolute Gasteiger partial charge is 0.223 e. The topological polar surface area (TPSA) is 104 Å². The molecule has 4 heterocycles. The molecule has 3 N–H and O–H groups in total. The first-order chi connectivity index (χ1) is 18.0. The molecule has 4 aromatic rings. The lowest BCUT2D eigenvalue weighted by Crippen LogP contribution is -2.32. The van der Waals surface area contributed by atoms with Crippen molar-refractivity contribution in [2.24, 2.45) is 17.6 Å². The van der Waals surface area contributed by atoms with Crippen molar-refractivity contribution < 1.29 is 9.18 Å². The van der Waals surface area contributed by atoms with Gasteiger partial charge in [0, 0.05) is 49.8 Å². The van der Waals surface area contributed by atoms with Crippen molar-refractivity contribution in [3.63, 3.8) is 0 Å². The molecule has 3 aliphatic rings. The molecule has 1 saturated heterocycles. The van der Waals surface area contributed by atoms with Gasteiger partial charge in [0.25, 0.3) is 0 Å². The third-order valence-electron chi connectivity index (χ3n) is 8.75. The summed E-state index contributed by atoms with van der Waals surface area (Å²) >= 11 is 0. The first-order valence-corrected chi connectivity index (χ1v) is 12.8. The minimum atomic E-state index is -0.301. The zero-order valence-electron chi connectivity index (χ0n) is 20.6. The normalized spacial score (nSPS) is 24.3. The number of anilines is 2. The van der Waals surface area contributed by atoms with Crippen LogP contribution >= 0.6 is 0 Å². The lowest BCUT2D eigenvalue weighted by molar-refractivity contribution is -0.116. The molecule has 2 aliphatic heterocycles. The van der Waals surface area contributed by atoms with Gasteiger partial charge >= 0.3 is 0 Å². The van der Waals surface area contributed by atoms with Gasteiger partial charge in [-0.1, -0.05) is 24.3 Å². The van der Waals surface area contributed by atoms with E-state index in [2.05, 4.69) is 21.2 Å². The number of hydrogen-bond acceptors (Lipinski definition) is 6. The maximum absolute atomic E-state index is 14.7. The first-order valence-electron chi connectivity index (χ1n) is 12.8. The predicted octanol–water partition coefficient (Wildman–Crippen LogP) is 3.42. The lowest BCUT2D eigenvalue weighted by Gasteiger charge is -2.26. The van der Waals surface area contributed by atoms with Crippen LogP contribution in [0.2, 0.25) is 0 Å². The van der Waals surface area contributed by atoms with E-state index in [0.29, 0.717) is 36.1 Å². The minimum Gasteiger partial charge on any atom is -0.355 e. The number of amides is 1. The van der Waals surface area contributed by atoms with E-state index in [9.17, 15) is 9.18 Å². The Hall–Kier alpha value is -3.85. The zero-order chi connectivity index (χ0) is 25.3. The lowest BCUT2D eigenvalue weighted by atomic mass is 9.91. The van der Waals surface area contributed by atoms with Gasteiger partial charge in [-0.15, -0.1) is 0 Å². The van der Waals surface area contributed by atoms with Crippen LogP contribution < -0.4 is 15.5 Å². The number of nitrogens with two attached hydrogens (primary N) is 1. The standard InChI is InChI=1S/C28H28FN7O/c1-16(37)36-11-8-17-12-18(6-7-23(17)36)25-26-27(34-33-25)32-24(13-31-26)35-10-9-19-21(14-35)28(19,15-30)20-4-2-3-5-22(20)29/h2-7,12-13,19,21H,8-11,14-15,30H2,1H3,(H,32,33,34)/t19-,21+,28-/m1/s1. The minimum absolute atomic E-state index is 0.0583. The van der Waals surface area contributed by atoms with Crippen LogP contribution in [0.4, 0.5) is 15.9 Å². The van der Waals surface area contributed by atoms with E-state index in [0.717, 1.165) is 59.8 Å². The Kier molecular flexibility index (Phi) is 4.88. The van der Waals surface area contributed by atoms with Gasteiger partial charge in [0.1, 0.15) is 22.8 Å². The highest BCUT2D eigenvalue weighted by Crippen LogP contribution is 2.63. The van der Waals surface area contributed by atoms with Crippen molar-refractivity contribution in [2.75, 3.05) is 36.0 Å². The number of nitrogens with one attached hydrogen (secondary N) is 1. The maximum Gasteiger partial charge on any atom is 0.223 e. The summed E-state index contributed by atoms with van der Waals surface area (Å²) in [5.74, 6) is 1.36. The number of H-pyrrole nitrogens is 1. The second-order valence-electron chi connectivity index (χ2n) is 10.4. The van der Waals surface area contributed by atoms with E-state index in [1.165, 1.54) is 6.07 Å². The molecule has 2 fully saturated rings. The molecule has 1 saturated carbocycles. The molecular formula is C28H28FN7O. The zero-order valence-corrected chi connectivity index (χ0v) is 20.6. The molecule has 0 bridgehead atoms. The Morgan fingerprint density at radius 2 is 2.08 bits per heavy atom. The number of carbonyl (C=O) groups is 1. The third-order valence-corrected chi connectivity index (χ3v) is 8.75.